The molecule has 1 aromatic rings. The number of nitrogens with zero attached hydrogens (tertiary/aromatic N) is 1. The van der Waals surface area contributed by atoms with Crippen LogP contribution in [0.5, 0.6) is 11.5 Å². The van der Waals surface area contributed by atoms with E-state index in [2.05, 4.69) is 17.0 Å². The highest BCUT2D eigenvalue weighted by molar-refractivity contribution is 5.52. The number of rotatable bonds is 3. The zero-order chi connectivity index (χ0) is 16.1. The molecule has 1 aliphatic carbocycles. The standard InChI is InChI=1S/C18H23NO4/c1-21-13-7-11-9-19-5-4-10-6-15(23-3)18(20)16(17(10)19)12(11)8-14(13)22-2/h6-8,15-18,20H,4-5,9H2,1-3H3/t15-,16+,17+,18+/m0/s1. The van der Waals surface area contributed by atoms with E-state index in [1.807, 2.05) is 6.07 Å². The fraction of sp³-hybridized carbons (Fsp3) is 0.556. The van der Waals surface area contributed by atoms with Crippen LogP contribution in [-0.2, 0) is 11.3 Å². The predicted octanol–water partition coefficient (Wildman–Crippen LogP) is 1.69. The van der Waals surface area contributed by atoms with Crippen molar-refractivity contribution in [3.05, 3.63) is 34.9 Å². The van der Waals surface area contributed by atoms with Gasteiger partial charge in [-0.15, -0.1) is 0 Å². The lowest BCUT2D eigenvalue weighted by molar-refractivity contribution is -0.0231. The monoisotopic (exact) mass is 317 g/mol. The maximum atomic E-state index is 10.9. The Balaban J connectivity index is 1.86. The van der Waals surface area contributed by atoms with E-state index in [1.165, 1.54) is 11.1 Å². The highest BCUT2D eigenvalue weighted by Gasteiger charge is 2.49. The largest absolute Gasteiger partial charge is 0.493 e. The Kier molecular flexibility index (Phi) is 3.59. The average molecular weight is 317 g/mol. The van der Waals surface area contributed by atoms with E-state index in [1.54, 1.807) is 21.3 Å². The van der Waals surface area contributed by atoms with Gasteiger partial charge in [0.1, 0.15) is 6.10 Å². The molecular formula is C18H23NO4. The third-order valence-electron chi connectivity index (χ3n) is 5.53. The van der Waals surface area contributed by atoms with Gasteiger partial charge in [0.2, 0.25) is 0 Å². The summed E-state index contributed by atoms with van der Waals surface area (Å²) in [6.45, 7) is 1.92. The van der Waals surface area contributed by atoms with Gasteiger partial charge in [0.05, 0.1) is 20.3 Å². The Morgan fingerprint density at radius 1 is 1.13 bits per heavy atom. The first-order valence-electron chi connectivity index (χ1n) is 8.08. The lowest BCUT2D eigenvalue weighted by Gasteiger charge is -2.45. The molecule has 4 atom stereocenters. The van der Waals surface area contributed by atoms with Gasteiger partial charge < -0.3 is 19.3 Å². The van der Waals surface area contributed by atoms with Crippen LogP contribution in [0.15, 0.2) is 23.8 Å². The van der Waals surface area contributed by atoms with Gasteiger partial charge in [-0.1, -0.05) is 11.6 Å². The third kappa shape index (κ3) is 2.11. The van der Waals surface area contributed by atoms with Gasteiger partial charge in [-0.2, -0.15) is 0 Å². The lowest BCUT2D eigenvalue weighted by atomic mass is 9.73. The molecule has 0 aromatic heterocycles. The summed E-state index contributed by atoms with van der Waals surface area (Å²) in [5, 5.41) is 10.9. The molecule has 1 aromatic carbocycles. The van der Waals surface area contributed by atoms with Crippen molar-refractivity contribution in [1.82, 2.24) is 4.90 Å². The SMILES string of the molecule is COc1cc2c(cc1OC)[C@H]1[C@H](O)[C@@H](OC)C=C3CCN(C2)[C@H]31. The van der Waals surface area contributed by atoms with Crippen LogP contribution in [0.4, 0.5) is 0 Å². The fourth-order valence-electron chi connectivity index (χ4n) is 4.48. The molecule has 1 saturated heterocycles. The third-order valence-corrected chi connectivity index (χ3v) is 5.53. The van der Waals surface area contributed by atoms with Crippen molar-refractivity contribution < 1.29 is 19.3 Å². The highest BCUT2D eigenvalue weighted by Crippen LogP contribution is 2.49. The Morgan fingerprint density at radius 3 is 2.57 bits per heavy atom. The van der Waals surface area contributed by atoms with E-state index in [0.29, 0.717) is 0 Å². The van der Waals surface area contributed by atoms with E-state index in [9.17, 15) is 5.11 Å². The molecule has 0 spiro atoms. The number of hydrogen-bond donors (Lipinski definition) is 1. The average Bonchev–Trinajstić information content (AvgIpc) is 2.98. The minimum absolute atomic E-state index is 0.0195. The highest BCUT2D eigenvalue weighted by atomic mass is 16.5. The van der Waals surface area contributed by atoms with E-state index >= 15 is 0 Å². The van der Waals surface area contributed by atoms with Crippen molar-refractivity contribution in [2.45, 2.75) is 37.1 Å². The minimum Gasteiger partial charge on any atom is -0.493 e. The molecule has 3 aliphatic rings. The molecule has 1 N–H and O–H groups in total. The number of methoxy groups -OCH3 is 3. The second-order valence-electron chi connectivity index (χ2n) is 6.53. The lowest BCUT2D eigenvalue weighted by Crippen LogP contribution is -2.50. The Morgan fingerprint density at radius 2 is 1.87 bits per heavy atom. The van der Waals surface area contributed by atoms with E-state index < -0.39 is 6.10 Å². The normalized spacial score (nSPS) is 32.1. The van der Waals surface area contributed by atoms with Crippen molar-refractivity contribution in [2.75, 3.05) is 27.9 Å². The van der Waals surface area contributed by atoms with Crippen molar-refractivity contribution in [3.63, 3.8) is 0 Å². The number of aliphatic hydroxyl groups excluding tert-OH is 1. The summed E-state index contributed by atoms with van der Waals surface area (Å²) in [5.74, 6) is 1.48. The molecule has 1 fully saturated rings. The van der Waals surface area contributed by atoms with Crippen LogP contribution in [0.2, 0.25) is 0 Å². The Bertz CT molecular complexity index is 657. The number of hydrogen-bond acceptors (Lipinski definition) is 5. The van der Waals surface area contributed by atoms with Gasteiger partial charge in [-0.3, -0.25) is 4.90 Å². The Hall–Kier alpha value is -1.56. The molecule has 0 bridgehead atoms. The summed E-state index contributed by atoms with van der Waals surface area (Å²) in [6.07, 6.45) is 2.38. The van der Waals surface area contributed by atoms with Crippen LogP contribution in [0.1, 0.15) is 23.5 Å². The molecule has 2 aliphatic heterocycles. The molecule has 2 heterocycles. The quantitative estimate of drug-likeness (QED) is 0.860. The summed E-state index contributed by atoms with van der Waals surface area (Å²) in [6, 6.07) is 4.37. The van der Waals surface area contributed by atoms with Crippen molar-refractivity contribution in [2.24, 2.45) is 0 Å². The fourth-order valence-corrected chi connectivity index (χ4v) is 4.48. The van der Waals surface area contributed by atoms with E-state index in [-0.39, 0.29) is 18.1 Å². The van der Waals surface area contributed by atoms with Gasteiger partial charge in [0.25, 0.3) is 0 Å². The molecule has 5 nitrogen and oxygen atoms in total. The molecule has 0 saturated carbocycles. The van der Waals surface area contributed by atoms with Gasteiger partial charge in [0, 0.05) is 32.2 Å². The molecule has 5 heteroatoms. The summed E-state index contributed by atoms with van der Waals surface area (Å²) >= 11 is 0. The van der Waals surface area contributed by atoms with Crippen LogP contribution >= 0.6 is 0 Å². The smallest absolute Gasteiger partial charge is 0.161 e. The second-order valence-corrected chi connectivity index (χ2v) is 6.53. The summed E-state index contributed by atoms with van der Waals surface area (Å²) in [4.78, 5) is 2.46. The number of benzene rings is 1. The maximum absolute atomic E-state index is 10.9. The molecule has 0 radical (unpaired) electrons. The molecular weight excluding hydrogens is 294 g/mol. The first-order valence-corrected chi connectivity index (χ1v) is 8.08. The van der Waals surface area contributed by atoms with Crippen LogP contribution < -0.4 is 9.47 Å². The minimum atomic E-state index is -0.550. The van der Waals surface area contributed by atoms with Crippen LogP contribution in [0.25, 0.3) is 0 Å². The second kappa shape index (κ2) is 5.51. The summed E-state index contributed by atoms with van der Waals surface area (Å²) in [5.41, 5.74) is 3.76. The van der Waals surface area contributed by atoms with Crippen molar-refractivity contribution in [1.29, 1.82) is 0 Å². The van der Waals surface area contributed by atoms with Gasteiger partial charge in [-0.25, -0.2) is 0 Å². The predicted molar refractivity (Wildman–Crippen MR) is 86.0 cm³/mol. The van der Waals surface area contributed by atoms with Crippen molar-refractivity contribution in [3.8, 4) is 11.5 Å². The molecule has 124 valence electrons. The summed E-state index contributed by atoms with van der Waals surface area (Å²) in [7, 11) is 4.97. The van der Waals surface area contributed by atoms with Gasteiger partial charge in [0.15, 0.2) is 11.5 Å². The first-order chi connectivity index (χ1) is 11.2. The van der Waals surface area contributed by atoms with E-state index in [0.717, 1.165) is 36.6 Å². The molecule has 23 heavy (non-hydrogen) atoms. The first kappa shape index (κ1) is 15.0. The van der Waals surface area contributed by atoms with Crippen LogP contribution in [0.3, 0.4) is 0 Å². The Labute approximate surface area is 136 Å². The number of aliphatic hydroxyl groups is 1. The van der Waals surface area contributed by atoms with E-state index in [4.69, 9.17) is 14.2 Å². The zero-order valence-corrected chi connectivity index (χ0v) is 13.8. The van der Waals surface area contributed by atoms with Crippen LogP contribution in [-0.4, -0.2) is 56.1 Å². The zero-order valence-electron chi connectivity index (χ0n) is 13.8. The number of fused-ring (bicyclic) bond motifs is 2. The van der Waals surface area contributed by atoms with Gasteiger partial charge >= 0.3 is 0 Å². The van der Waals surface area contributed by atoms with Crippen molar-refractivity contribution >= 4 is 0 Å². The molecule has 0 amide bonds. The molecule has 0 unspecified atom stereocenters. The maximum Gasteiger partial charge on any atom is 0.161 e. The number of ether oxygens (including phenoxy) is 3. The van der Waals surface area contributed by atoms with Crippen LogP contribution in [0, 0.1) is 0 Å². The van der Waals surface area contributed by atoms with Gasteiger partial charge in [-0.05, 0) is 29.7 Å². The summed E-state index contributed by atoms with van der Waals surface area (Å²) < 4.78 is 16.4. The topological polar surface area (TPSA) is 51.2 Å². The molecule has 4 rings (SSSR count).